The van der Waals surface area contributed by atoms with Crippen LogP contribution in [0.15, 0.2) is 30.9 Å². The molecule has 3 nitrogen and oxygen atoms in total. The topological polar surface area (TPSA) is 43.8 Å². The third-order valence-corrected chi connectivity index (χ3v) is 2.28. The molecule has 0 fully saturated rings. The number of halogens is 1. The molecule has 2 rings (SSSR count). The zero-order valence-corrected chi connectivity index (χ0v) is 8.28. The third kappa shape index (κ3) is 1.64. The number of nitrogens with zero attached hydrogens (tertiary/aromatic N) is 2. The summed E-state index contributed by atoms with van der Waals surface area (Å²) in [6.07, 6.45) is 1.77. The molecule has 0 atom stereocenters. The van der Waals surface area contributed by atoms with E-state index >= 15 is 0 Å². The van der Waals surface area contributed by atoms with Crippen LogP contribution in [0.5, 0.6) is 0 Å². The fourth-order valence-corrected chi connectivity index (χ4v) is 1.64. The van der Waals surface area contributed by atoms with E-state index in [-0.39, 0.29) is 5.82 Å². The number of fused-ring (bicyclic) bond motifs is 1. The SMILES string of the molecule is C=CCn1c(CN)nc2cc(F)ccc21. The molecule has 0 unspecified atom stereocenters. The first-order valence-corrected chi connectivity index (χ1v) is 4.72. The van der Waals surface area contributed by atoms with Gasteiger partial charge in [-0.2, -0.15) is 0 Å². The molecule has 0 aliphatic carbocycles. The molecule has 0 radical (unpaired) electrons. The van der Waals surface area contributed by atoms with Crippen molar-refractivity contribution < 1.29 is 4.39 Å². The van der Waals surface area contributed by atoms with Gasteiger partial charge in [-0.25, -0.2) is 9.37 Å². The summed E-state index contributed by atoms with van der Waals surface area (Å²) in [6, 6.07) is 4.54. The lowest BCUT2D eigenvalue weighted by Crippen LogP contribution is -2.07. The van der Waals surface area contributed by atoms with Crippen LogP contribution in [-0.4, -0.2) is 9.55 Å². The summed E-state index contributed by atoms with van der Waals surface area (Å²) in [5, 5.41) is 0. The van der Waals surface area contributed by atoms with Gasteiger partial charge < -0.3 is 10.3 Å². The Morgan fingerprint density at radius 3 is 3.00 bits per heavy atom. The Labute approximate surface area is 87.0 Å². The Bertz CT molecular complexity index is 502. The van der Waals surface area contributed by atoms with Crippen molar-refractivity contribution in [1.82, 2.24) is 9.55 Å². The molecule has 2 N–H and O–H groups in total. The smallest absolute Gasteiger partial charge is 0.125 e. The number of hydrogen-bond donors (Lipinski definition) is 1. The summed E-state index contributed by atoms with van der Waals surface area (Å²) in [6.45, 7) is 4.64. The minimum atomic E-state index is -0.283. The molecule has 0 saturated carbocycles. The Balaban J connectivity index is 2.68. The largest absolute Gasteiger partial charge is 0.324 e. The molecule has 0 amide bonds. The number of allylic oxidation sites excluding steroid dienone is 1. The fourth-order valence-electron chi connectivity index (χ4n) is 1.64. The van der Waals surface area contributed by atoms with Gasteiger partial charge in [-0.15, -0.1) is 6.58 Å². The Hall–Kier alpha value is -1.68. The van der Waals surface area contributed by atoms with Crippen LogP contribution in [0.3, 0.4) is 0 Å². The Kier molecular flexibility index (Phi) is 2.51. The lowest BCUT2D eigenvalue weighted by molar-refractivity contribution is 0.629. The fraction of sp³-hybridized carbons (Fsp3) is 0.182. The minimum Gasteiger partial charge on any atom is -0.324 e. The zero-order chi connectivity index (χ0) is 10.8. The van der Waals surface area contributed by atoms with E-state index in [1.807, 2.05) is 4.57 Å². The molecular weight excluding hydrogens is 193 g/mol. The summed E-state index contributed by atoms with van der Waals surface area (Å²) in [7, 11) is 0. The van der Waals surface area contributed by atoms with Gasteiger partial charge in [-0.05, 0) is 12.1 Å². The van der Waals surface area contributed by atoms with Gasteiger partial charge in [0.15, 0.2) is 0 Å². The second-order valence-corrected chi connectivity index (χ2v) is 3.26. The molecule has 0 saturated heterocycles. The van der Waals surface area contributed by atoms with Gasteiger partial charge in [-0.3, -0.25) is 0 Å². The molecule has 0 spiro atoms. The van der Waals surface area contributed by atoms with E-state index in [0.717, 1.165) is 11.3 Å². The quantitative estimate of drug-likeness (QED) is 0.777. The molecule has 1 heterocycles. The van der Waals surface area contributed by atoms with Crippen LogP contribution in [0.4, 0.5) is 4.39 Å². The molecule has 15 heavy (non-hydrogen) atoms. The van der Waals surface area contributed by atoms with Gasteiger partial charge in [0.2, 0.25) is 0 Å². The van der Waals surface area contributed by atoms with Crippen molar-refractivity contribution in [3.63, 3.8) is 0 Å². The number of rotatable bonds is 3. The number of aromatic nitrogens is 2. The standard InChI is InChI=1S/C11H12FN3/c1-2-5-15-10-4-3-8(12)6-9(10)14-11(15)7-13/h2-4,6H,1,5,7,13H2. The number of imidazole rings is 1. The highest BCUT2D eigenvalue weighted by Crippen LogP contribution is 2.17. The molecule has 1 aromatic carbocycles. The van der Waals surface area contributed by atoms with Gasteiger partial charge in [-0.1, -0.05) is 6.08 Å². The highest BCUT2D eigenvalue weighted by Gasteiger charge is 2.08. The first-order valence-electron chi connectivity index (χ1n) is 4.72. The predicted molar refractivity (Wildman–Crippen MR) is 57.8 cm³/mol. The summed E-state index contributed by atoms with van der Waals surface area (Å²) in [4.78, 5) is 4.26. The summed E-state index contributed by atoms with van der Waals surface area (Å²) < 4.78 is 14.9. The van der Waals surface area contributed by atoms with Crippen molar-refractivity contribution in [2.24, 2.45) is 5.73 Å². The molecule has 0 aliphatic heterocycles. The van der Waals surface area contributed by atoms with E-state index in [1.54, 1.807) is 12.1 Å². The average Bonchev–Trinajstić information content (AvgIpc) is 2.56. The van der Waals surface area contributed by atoms with E-state index in [2.05, 4.69) is 11.6 Å². The van der Waals surface area contributed by atoms with Crippen molar-refractivity contribution >= 4 is 11.0 Å². The van der Waals surface area contributed by atoms with E-state index in [4.69, 9.17) is 5.73 Å². The monoisotopic (exact) mass is 205 g/mol. The Morgan fingerprint density at radius 2 is 2.33 bits per heavy atom. The highest BCUT2D eigenvalue weighted by atomic mass is 19.1. The van der Waals surface area contributed by atoms with Crippen LogP contribution in [0.25, 0.3) is 11.0 Å². The first kappa shape index (κ1) is 9.86. The number of hydrogen-bond acceptors (Lipinski definition) is 2. The van der Waals surface area contributed by atoms with Gasteiger partial charge in [0, 0.05) is 12.6 Å². The van der Waals surface area contributed by atoms with Crippen molar-refractivity contribution in [2.45, 2.75) is 13.1 Å². The van der Waals surface area contributed by atoms with Crippen LogP contribution >= 0.6 is 0 Å². The first-order chi connectivity index (χ1) is 7.26. The third-order valence-electron chi connectivity index (χ3n) is 2.28. The maximum Gasteiger partial charge on any atom is 0.125 e. The molecule has 2 aromatic rings. The average molecular weight is 205 g/mol. The maximum absolute atomic E-state index is 13.0. The Morgan fingerprint density at radius 1 is 1.53 bits per heavy atom. The predicted octanol–water partition coefficient (Wildman–Crippen LogP) is 1.82. The second kappa shape index (κ2) is 3.82. The van der Waals surface area contributed by atoms with Gasteiger partial charge in [0.1, 0.15) is 11.6 Å². The van der Waals surface area contributed by atoms with Crippen molar-refractivity contribution in [2.75, 3.05) is 0 Å². The van der Waals surface area contributed by atoms with E-state index < -0.39 is 0 Å². The van der Waals surface area contributed by atoms with Crippen LogP contribution < -0.4 is 5.73 Å². The number of nitrogens with two attached hydrogens (primary N) is 1. The van der Waals surface area contributed by atoms with Crippen molar-refractivity contribution in [3.05, 3.63) is 42.5 Å². The van der Waals surface area contributed by atoms with Gasteiger partial charge in [0.05, 0.1) is 17.6 Å². The van der Waals surface area contributed by atoms with Crippen LogP contribution in [0.2, 0.25) is 0 Å². The molecule has 0 bridgehead atoms. The molecule has 4 heteroatoms. The van der Waals surface area contributed by atoms with E-state index in [1.165, 1.54) is 12.1 Å². The van der Waals surface area contributed by atoms with Crippen molar-refractivity contribution in [3.8, 4) is 0 Å². The lowest BCUT2D eigenvalue weighted by atomic mass is 10.3. The van der Waals surface area contributed by atoms with E-state index in [9.17, 15) is 4.39 Å². The van der Waals surface area contributed by atoms with Crippen LogP contribution in [0, 0.1) is 5.82 Å². The molecule has 78 valence electrons. The summed E-state index contributed by atoms with van der Waals surface area (Å²) in [5.41, 5.74) is 7.09. The van der Waals surface area contributed by atoms with E-state index in [0.29, 0.717) is 18.6 Å². The van der Waals surface area contributed by atoms with Crippen LogP contribution in [0.1, 0.15) is 5.82 Å². The highest BCUT2D eigenvalue weighted by molar-refractivity contribution is 5.76. The van der Waals surface area contributed by atoms with Crippen LogP contribution in [-0.2, 0) is 13.1 Å². The van der Waals surface area contributed by atoms with Gasteiger partial charge >= 0.3 is 0 Å². The summed E-state index contributed by atoms with van der Waals surface area (Å²) in [5.74, 6) is 0.463. The maximum atomic E-state index is 13.0. The number of benzene rings is 1. The van der Waals surface area contributed by atoms with Crippen molar-refractivity contribution in [1.29, 1.82) is 0 Å². The second-order valence-electron chi connectivity index (χ2n) is 3.26. The lowest BCUT2D eigenvalue weighted by Gasteiger charge is -2.03. The van der Waals surface area contributed by atoms with Gasteiger partial charge in [0.25, 0.3) is 0 Å². The zero-order valence-electron chi connectivity index (χ0n) is 8.28. The summed E-state index contributed by atoms with van der Waals surface area (Å²) >= 11 is 0. The minimum absolute atomic E-state index is 0.283. The molecule has 0 aliphatic rings. The molecule has 1 aromatic heterocycles. The normalized spacial score (nSPS) is 10.8. The molecular formula is C11H12FN3.